The smallest absolute Gasteiger partial charge is 0.255 e. The van der Waals surface area contributed by atoms with E-state index in [0.717, 1.165) is 11.3 Å². The molecule has 3 aromatic rings. The van der Waals surface area contributed by atoms with Gasteiger partial charge in [-0.15, -0.1) is 0 Å². The van der Waals surface area contributed by atoms with Crippen molar-refractivity contribution in [3.05, 3.63) is 77.9 Å². The average Bonchev–Trinajstić information content (AvgIpc) is 2.70. The van der Waals surface area contributed by atoms with Gasteiger partial charge in [0.15, 0.2) is 11.5 Å². The van der Waals surface area contributed by atoms with Crippen LogP contribution in [-0.4, -0.2) is 20.1 Å². The average molecular weight is 363 g/mol. The lowest BCUT2D eigenvalue weighted by Gasteiger charge is -2.14. The van der Waals surface area contributed by atoms with Gasteiger partial charge in [-0.25, -0.2) is 0 Å². The second-order valence-corrected chi connectivity index (χ2v) is 5.92. The molecule has 0 unspecified atom stereocenters. The minimum atomic E-state index is -0.211. The summed E-state index contributed by atoms with van der Waals surface area (Å²) in [6, 6.07) is 20.0. The molecule has 0 saturated carbocycles. The van der Waals surface area contributed by atoms with Crippen LogP contribution in [0.1, 0.15) is 15.9 Å². The van der Waals surface area contributed by atoms with Crippen LogP contribution in [-0.2, 0) is 0 Å². The number of hydrogen-bond donors (Lipinski definition) is 1. The molecule has 0 heterocycles. The number of rotatable bonds is 6. The van der Waals surface area contributed by atoms with Crippen LogP contribution in [0, 0.1) is 6.92 Å². The van der Waals surface area contributed by atoms with Crippen molar-refractivity contribution in [1.82, 2.24) is 0 Å². The van der Waals surface area contributed by atoms with Crippen molar-refractivity contribution < 1.29 is 19.0 Å². The number of amides is 1. The number of hydrogen-bond acceptors (Lipinski definition) is 4. The molecule has 0 atom stereocenters. The summed E-state index contributed by atoms with van der Waals surface area (Å²) in [5, 5.41) is 2.91. The molecule has 0 aliphatic carbocycles. The summed E-state index contributed by atoms with van der Waals surface area (Å²) in [7, 11) is 3.14. The molecule has 0 aliphatic heterocycles. The molecule has 0 bridgehead atoms. The molecule has 1 N–H and O–H groups in total. The molecule has 0 saturated heterocycles. The Labute approximate surface area is 158 Å². The van der Waals surface area contributed by atoms with E-state index >= 15 is 0 Å². The Morgan fingerprint density at radius 3 is 2.04 bits per heavy atom. The van der Waals surface area contributed by atoms with Gasteiger partial charge in [-0.3, -0.25) is 4.79 Å². The second kappa shape index (κ2) is 8.27. The van der Waals surface area contributed by atoms with E-state index in [4.69, 9.17) is 14.2 Å². The van der Waals surface area contributed by atoms with Gasteiger partial charge in [0, 0.05) is 17.3 Å². The minimum Gasteiger partial charge on any atom is -0.493 e. The Morgan fingerprint density at radius 2 is 1.41 bits per heavy atom. The van der Waals surface area contributed by atoms with Gasteiger partial charge in [0.25, 0.3) is 5.91 Å². The first-order chi connectivity index (χ1) is 13.1. The van der Waals surface area contributed by atoms with Crippen LogP contribution in [0.5, 0.6) is 23.0 Å². The standard InChI is InChI=1S/C22H21NO4/c1-15-13-20(25-2)21(26-3)14-19(15)23-22(24)16-9-11-18(12-10-16)27-17-7-5-4-6-8-17/h4-14H,1-3H3,(H,23,24). The molecule has 27 heavy (non-hydrogen) atoms. The highest BCUT2D eigenvalue weighted by atomic mass is 16.5. The molecule has 3 rings (SSSR count). The van der Waals surface area contributed by atoms with E-state index in [1.165, 1.54) is 0 Å². The maximum absolute atomic E-state index is 12.6. The number of benzene rings is 3. The number of anilines is 1. The molecule has 0 spiro atoms. The van der Waals surface area contributed by atoms with E-state index in [1.54, 1.807) is 44.6 Å². The lowest BCUT2D eigenvalue weighted by Crippen LogP contribution is -2.13. The number of para-hydroxylation sites is 1. The van der Waals surface area contributed by atoms with Crippen LogP contribution in [0.3, 0.4) is 0 Å². The van der Waals surface area contributed by atoms with E-state index in [9.17, 15) is 4.79 Å². The summed E-state index contributed by atoms with van der Waals surface area (Å²) in [5.74, 6) is 2.38. The highest BCUT2D eigenvalue weighted by Gasteiger charge is 2.12. The van der Waals surface area contributed by atoms with Crippen molar-refractivity contribution in [3.63, 3.8) is 0 Å². The van der Waals surface area contributed by atoms with Gasteiger partial charge in [-0.1, -0.05) is 18.2 Å². The quantitative estimate of drug-likeness (QED) is 0.665. The van der Waals surface area contributed by atoms with Crippen LogP contribution < -0.4 is 19.5 Å². The van der Waals surface area contributed by atoms with Gasteiger partial charge < -0.3 is 19.5 Å². The molecule has 138 valence electrons. The Bertz CT molecular complexity index is 921. The molecule has 0 aliphatic rings. The lowest BCUT2D eigenvalue weighted by atomic mass is 10.1. The number of carbonyl (C=O) groups is 1. The summed E-state index contributed by atoms with van der Waals surface area (Å²) < 4.78 is 16.3. The number of carbonyl (C=O) groups excluding carboxylic acids is 1. The van der Waals surface area contributed by atoms with E-state index in [-0.39, 0.29) is 5.91 Å². The first-order valence-corrected chi connectivity index (χ1v) is 8.47. The molecule has 0 aromatic heterocycles. The Kier molecular flexibility index (Phi) is 5.61. The summed E-state index contributed by atoms with van der Waals surface area (Å²) in [4.78, 5) is 12.6. The fraction of sp³-hybridized carbons (Fsp3) is 0.136. The van der Waals surface area contributed by atoms with Gasteiger partial charge in [-0.2, -0.15) is 0 Å². The van der Waals surface area contributed by atoms with Crippen LogP contribution in [0.2, 0.25) is 0 Å². The molecule has 0 radical (unpaired) electrons. The molecule has 5 nitrogen and oxygen atoms in total. The van der Waals surface area contributed by atoms with Gasteiger partial charge in [0.2, 0.25) is 0 Å². The summed E-state index contributed by atoms with van der Waals surface area (Å²) >= 11 is 0. The van der Waals surface area contributed by atoms with Crippen LogP contribution in [0.15, 0.2) is 66.7 Å². The third-order valence-corrected chi connectivity index (χ3v) is 4.07. The van der Waals surface area contributed by atoms with Gasteiger partial charge in [-0.05, 0) is 55.0 Å². The maximum atomic E-state index is 12.6. The predicted octanol–water partition coefficient (Wildman–Crippen LogP) is 5.06. The van der Waals surface area contributed by atoms with E-state index in [2.05, 4.69) is 5.32 Å². The van der Waals surface area contributed by atoms with Crippen molar-refractivity contribution in [1.29, 1.82) is 0 Å². The topological polar surface area (TPSA) is 56.8 Å². The zero-order chi connectivity index (χ0) is 19.2. The van der Waals surface area contributed by atoms with E-state index < -0.39 is 0 Å². The minimum absolute atomic E-state index is 0.211. The SMILES string of the molecule is COc1cc(C)c(NC(=O)c2ccc(Oc3ccccc3)cc2)cc1OC. The normalized spacial score (nSPS) is 10.2. The second-order valence-electron chi connectivity index (χ2n) is 5.92. The van der Waals surface area contributed by atoms with Crippen molar-refractivity contribution >= 4 is 11.6 Å². The van der Waals surface area contributed by atoms with Crippen molar-refractivity contribution in [2.75, 3.05) is 19.5 Å². The van der Waals surface area contributed by atoms with Crippen molar-refractivity contribution in [2.24, 2.45) is 0 Å². The fourth-order valence-corrected chi connectivity index (χ4v) is 2.61. The summed E-state index contributed by atoms with van der Waals surface area (Å²) in [6.07, 6.45) is 0. The van der Waals surface area contributed by atoms with Crippen LogP contribution >= 0.6 is 0 Å². The molecular formula is C22H21NO4. The third-order valence-electron chi connectivity index (χ3n) is 4.07. The number of methoxy groups -OCH3 is 2. The Balaban J connectivity index is 1.73. The Morgan fingerprint density at radius 1 is 0.815 bits per heavy atom. The maximum Gasteiger partial charge on any atom is 0.255 e. The predicted molar refractivity (Wildman–Crippen MR) is 105 cm³/mol. The third kappa shape index (κ3) is 4.39. The Hall–Kier alpha value is -3.47. The summed E-state index contributed by atoms with van der Waals surface area (Å²) in [6.45, 7) is 1.90. The number of ether oxygens (including phenoxy) is 3. The van der Waals surface area contributed by atoms with Crippen molar-refractivity contribution in [2.45, 2.75) is 6.92 Å². The van der Waals surface area contributed by atoms with Gasteiger partial charge in [0.05, 0.1) is 14.2 Å². The van der Waals surface area contributed by atoms with Crippen LogP contribution in [0.25, 0.3) is 0 Å². The first-order valence-electron chi connectivity index (χ1n) is 8.47. The zero-order valence-electron chi connectivity index (χ0n) is 15.5. The van der Waals surface area contributed by atoms with Crippen molar-refractivity contribution in [3.8, 4) is 23.0 Å². The molecule has 5 heteroatoms. The summed E-state index contributed by atoms with van der Waals surface area (Å²) in [5.41, 5.74) is 2.08. The monoisotopic (exact) mass is 363 g/mol. The molecule has 3 aromatic carbocycles. The molecule has 0 fully saturated rings. The van der Waals surface area contributed by atoms with Gasteiger partial charge in [0.1, 0.15) is 11.5 Å². The largest absolute Gasteiger partial charge is 0.493 e. The van der Waals surface area contributed by atoms with Crippen LogP contribution in [0.4, 0.5) is 5.69 Å². The first kappa shape index (κ1) is 18.3. The number of nitrogens with one attached hydrogen (secondary N) is 1. The lowest BCUT2D eigenvalue weighted by molar-refractivity contribution is 0.102. The fourth-order valence-electron chi connectivity index (χ4n) is 2.61. The van der Waals surface area contributed by atoms with Gasteiger partial charge >= 0.3 is 0 Å². The molecular weight excluding hydrogens is 342 g/mol. The highest BCUT2D eigenvalue weighted by molar-refractivity contribution is 6.04. The number of aryl methyl sites for hydroxylation is 1. The van der Waals surface area contributed by atoms with E-state index in [1.807, 2.05) is 43.3 Å². The highest BCUT2D eigenvalue weighted by Crippen LogP contribution is 2.33. The molecule has 1 amide bonds. The van der Waals surface area contributed by atoms with E-state index in [0.29, 0.717) is 28.5 Å². The zero-order valence-corrected chi connectivity index (χ0v) is 15.5.